The number of pyridine rings is 1. The van der Waals surface area contributed by atoms with Crippen LogP contribution >= 0.6 is 0 Å². The lowest BCUT2D eigenvalue weighted by Crippen LogP contribution is -2.17. The number of aromatic nitrogens is 1. The lowest BCUT2D eigenvalue weighted by molar-refractivity contribution is 0.0953. The monoisotopic (exact) mass is 293 g/mol. The first-order valence-electron chi connectivity index (χ1n) is 6.48. The Bertz CT molecular complexity index is 862. The van der Waals surface area contributed by atoms with Crippen molar-refractivity contribution >= 4 is 16.7 Å². The van der Waals surface area contributed by atoms with Crippen LogP contribution in [0.25, 0.3) is 22.0 Å². The van der Waals surface area contributed by atoms with E-state index in [4.69, 9.17) is 5.53 Å². The number of halogens is 1. The summed E-state index contributed by atoms with van der Waals surface area (Å²) in [5.74, 6) is -0.849. The Morgan fingerprint density at radius 3 is 2.68 bits per heavy atom. The fourth-order valence-electron chi connectivity index (χ4n) is 2.25. The van der Waals surface area contributed by atoms with Gasteiger partial charge in [-0.05, 0) is 52.5 Å². The molecule has 3 aromatic rings. The maximum absolute atomic E-state index is 13.0. The average molecular weight is 293 g/mol. The van der Waals surface area contributed by atoms with Gasteiger partial charge in [-0.2, -0.15) is 0 Å². The van der Waals surface area contributed by atoms with E-state index in [1.165, 1.54) is 12.1 Å². The summed E-state index contributed by atoms with van der Waals surface area (Å²) in [4.78, 5) is 16.2. The number of nitrogens with zero attached hydrogens (tertiary/aromatic N) is 3. The standard InChI is InChI=1S/C16H10FN4O/c17-12-6-4-10(5-7-12)15-8-14-11(9-19-15)2-1-3-13(14)16(22)20-21-18/h1-9H,(H,20,22). The second kappa shape index (κ2) is 5.69. The van der Waals surface area contributed by atoms with Crippen molar-refractivity contribution < 1.29 is 9.18 Å². The molecule has 3 rings (SSSR count). The van der Waals surface area contributed by atoms with E-state index in [2.05, 4.69) is 10.2 Å². The Hall–Kier alpha value is -3.15. The van der Waals surface area contributed by atoms with Crippen molar-refractivity contribution in [1.29, 1.82) is 0 Å². The van der Waals surface area contributed by atoms with Crippen molar-refractivity contribution in [1.82, 2.24) is 15.9 Å². The second-order valence-corrected chi connectivity index (χ2v) is 4.64. The molecule has 0 aliphatic carbocycles. The molecule has 0 saturated heterocycles. The maximum Gasteiger partial charge on any atom is 0.273 e. The highest BCUT2D eigenvalue weighted by Gasteiger charge is 2.11. The van der Waals surface area contributed by atoms with Crippen LogP contribution < -0.4 is 11.0 Å². The van der Waals surface area contributed by atoms with Crippen molar-refractivity contribution in [3.05, 3.63) is 66.1 Å². The highest BCUT2D eigenvalue weighted by molar-refractivity contribution is 6.07. The first-order chi connectivity index (χ1) is 10.7. The Kier molecular flexibility index (Phi) is 3.57. The Morgan fingerprint density at radius 2 is 1.95 bits per heavy atom. The molecule has 1 aromatic heterocycles. The third kappa shape index (κ3) is 2.54. The molecule has 0 aliphatic heterocycles. The normalized spacial score (nSPS) is 10.4. The molecule has 0 unspecified atom stereocenters. The number of carbonyl (C=O) groups is 1. The highest BCUT2D eigenvalue weighted by atomic mass is 19.1. The Morgan fingerprint density at radius 1 is 1.18 bits per heavy atom. The third-order valence-electron chi connectivity index (χ3n) is 3.30. The van der Waals surface area contributed by atoms with Gasteiger partial charge >= 0.3 is 0 Å². The molecule has 0 spiro atoms. The lowest BCUT2D eigenvalue weighted by atomic mass is 10.0. The molecule has 107 valence electrons. The van der Waals surface area contributed by atoms with Crippen LogP contribution in [0.2, 0.25) is 0 Å². The van der Waals surface area contributed by atoms with E-state index in [0.29, 0.717) is 16.6 Å². The summed E-state index contributed by atoms with van der Waals surface area (Å²) >= 11 is 0. The van der Waals surface area contributed by atoms with Crippen molar-refractivity contribution in [2.75, 3.05) is 0 Å². The minimum atomic E-state index is -0.524. The van der Waals surface area contributed by atoms with Crippen molar-refractivity contribution in [2.24, 2.45) is 5.22 Å². The molecule has 2 aromatic carbocycles. The van der Waals surface area contributed by atoms with E-state index >= 15 is 0 Å². The fraction of sp³-hybridized carbons (Fsp3) is 0. The zero-order chi connectivity index (χ0) is 15.5. The number of nitrogens with one attached hydrogen (secondary N) is 1. The molecular weight excluding hydrogens is 283 g/mol. The highest BCUT2D eigenvalue weighted by Crippen LogP contribution is 2.24. The summed E-state index contributed by atoms with van der Waals surface area (Å²) in [6.45, 7) is 0. The van der Waals surface area contributed by atoms with Gasteiger partial charge in [0.25, 0.3) is 5.91 Å². The SMILES string of the molecule is [N]=NNC(=O)c1cccc2cnc(-c3ccc(F)cc3)cc12. The van der Waals surface area contributed by atoms with Crippen LogP contribution in [0.5, 0.6) is 0 Å². The molecular formula is C16H10FN4O. The predicted octanol–water partition coefficient (Wildman–Crippen LogP) is 2.94. The molecule has 0 bridgehead atoms. The zero-order valence-electron chi connectivity index (χ0n) is 11.3. The number of carbonyl (C=O) groups excluding carboxylic acids is 1. The maximum atomic E-state index is 13.0. The van der Waals surface area contributed by atoms with Gasteiger partial charge in [-0.1, -0.05) is 12.1 Å². The Labute approximate surface area is 125 Å². The summed E-state index contributed by atoms with van der Waals surface area (Å²) in [6, 6.07) is 12.9. The minimum absolute atomic E-state index is 0.325. The minimum Gasteiger partial charge on any atom is -0.267 e. The fourth-order valence-corrected chi connectivity index (χ4v) is 2.25. The van der Waals surface area contributed by atoms with Crippen LogP contribution in [0.15, 0.2) is 60.0 Å². The van der Waals surface area contributed by atoms with Crippen LogP contribution in [0.3, 0.4) is 0 Å². The first-order valence-corrected chi connectivity index (χ1v) is 6.48. The number of amides is 1. The van der Waals surface area contributed by atoms with Gasteiger partial charge in [0.05, 0.1) is 5.69 Å². The van der Waals surface area contributed by atoms with E-state index in [9.17, 15) is 9.18 Å². The van der Waals surface area contributed by atoms with E-state index in [1.807, 2.05) is 11.5 Å². The molecule has 1 N–H and O–H groups in total. The molecule has 1 radical (unpaired) electrons. The van der Waals surface area contributed by atoms with Gasteiger partial charge in [0.15, 0.2) is 0 Å². The van der Waals surface area contributed by atoms with Gasteiger partial charge in [0.2, 0.25) is 0 Å². The predicted molar refractivity (Wildman–Crippen MR) is 79.2 cm³/mol. The van der Waals surface area contributed by atoms with Crippen LogP contribution in [0.1, 0.15) is 10.4 Å². The van der Waals surface area contributed by atoms with Crippen LogP contribution in [-0.4, -0.2) is 10.9 Å². The molecule has 1 amide bonds. The summed E-state index contributed by atoms with van der Waals surface area (Å²) < 4.78 is 13.0. The molecule has 0 aliphatic rings. The number of hydrogen-bond acceptors (Lipinski definition) is 3. The van der Waals surface area contributed by atoms with Crippen molar-refractivity contribution in [2.45, 2.75) is 0 Å². The van der Waals surface area contributed by atoms with Crippen LogP contribution in [0.4, 0.5) is 4.39 Å². The molecule has 0 atom stereocenters. The number of rotatable bonds is 3. The summed E-state index contributed by atoms with van der Waals surface area (Å²) in [7, 11) is 0. The number of hydrogen-bond donors (Lipinski definition) is 1. The van der Waals surface area contributed by atoms with Gasteiger partial charge < -0.3 is 0 Å². The summed E-state index contributed by atoms with van der Waals surface area (Å²) in [6.07, 6.45) is 1.64. The summed E-state index contributed by atoms with van der Waals surface area (Å²) in [5, 5.41) is 4.09. The molecule has 22 heavy (non-hydrogen) atoms. The third-order valence-corrected chi connectivity index (χ3v) is 3.30. The molecule has 0 saturated carbocycles. The molecule has 1 heterocycles. The molecule has 5 nitrogen and oxygen atoms in total. The van der Waals surface area contributed by atoms with Gasteiger partial charge in [-0.15, -0.1) is 0 Å². The zero-order valence-corrected chi connectivity index (χ0v) is 11.3. The average Bonchev–Trinajstić information content (AvgIpc) is 2.54. The van der Waals surface area contributed by atoms with E-state index in [1.54, 1.807) is 36.5 Å². The Balaban J connectivity index is 2.15. The first kappa shape index (κ1) is 13.8. The summed E-state index contributed by atoms with van der Waals surface area (Å²) in [5.41, 5.74) is 12.2. The van der Waals surface area contributed by atoms with Crippen molar-refractivity contribution in [3.8, 4) is 11.3 Å². The van der Waals surface area contributed by atoms with E-state index in [-0.39, 0.29) is 5.82 Å². The quantitative estimate of drug-likeness (QED) is 0.595. The van der Waals surface area contributed by atoms with Gasteiger partial charge in [-0.3, -0.25) is 9.78 Å². The van der Waals surface area contributed by atoms with E-state index in [0.717, 1.165) is 10.9 Å². The van der Waals surface area contributed by atoms with Crippen LogP contribution in [0, 0.1) is 5.82 Å². The van der Waals surface area contributed by atoms with Gasteiger partial charge in [0, 0.05) is 22.7 Å². The lowest BCUT2D eigenvalue weighted by Gasteiger charge is -2.07. The topological polar surface area (TPSA) is 76.7 Å². The van der Waals surface area contributed by atoms with Crippen molar-refractivity contribution in [3.63, 3.8) is 0 Å². The van der Waals surface area contributed by atoms with Crippen LogP contribution in [-0.2, 0) is 0 Å². The largest absolute Gasteiger partial charge is 0.273 e. The number of fused-ring (bicyclic) bond motifs is 1. The van der Waals surface area contributed by atoms with E-state index < -0.39 is 5.91 Å². The number of benzene rings is 2. The van der Waals surface area contributed by atoms with Gasteiger partial charge in [0.1, 0.15) is 5.82 Å². The van der Waals surface area contributed by atoms with Gasteiger partial charge in [-0.25, -0.2) is 9.82 Å². The smallest absolute Gasteiger partial charge is 0.267 e. The molecule has 6 heteroatoms. The molecule has 0 fully saturated rings. The second-order valence-electron chi connectivity index (χ2n) is 4.64.